The predicted molar refractivity (Wildman–Crippen MR) is 80.5 cm³/mol. The van der Waals surface area contributed by atoms with Crippen molar-refractivity contribution in [3.05, 3.63) is 11.8 Å². The number of carbonyl (C=O) groups is 1. The van der Waals surface area contributed by atoms with E-state index in [1.165, 1.54) is 14.0 Å². The molecule has 0 radical (unpaired) electrons. The number of hydrogen-bond donors (Lipinski definition) is 4. The fraction of sp³-hybridized carbons (Fsp3) is 0.786. The Bertz CT molecular complexity index is 201. The summed E-state index contributed by atoms with van der Waals surface area (Å²) in [6.45, 7) is 11.7. The second-order valence-electron chi connectivity index (χ2n) is 4.59. The quantitative estimate of drug-likeness (QED) is 0.250. The van der Waals surface area contributed by atoms with E-state index < -0.39 is 5.97 Å². The van der Waals surface area contributed by atoms with Crippen molar-refractivity contribution in [2.45, 2.75) is 66.8 Å². The zero-order chi connectivity index (χ0) is 17.3. The molecule has 0 aliphatic heterocycles. The van der Waals surface area contributed by atoms with Crippen molar-refractivity contribution in [2.24, 2.45) is 0 Å². The van der Waals surface area contributed by atoms with E-state index >= 15 is 0 Å². The van der Waals surface area contributed by atoms with E-state index in [0.29, 0.717) is 0 Å². The van der Waals surface area contributed by atoms with Gasteiger partial charge in [0.05, 0.1) is 18.9 Å². The van der Waals surface area contributed by atoms with Gasteiger partial charge in [-0.1, -0.05) is 0 Å². The van der Waals surface area contributed by atoms with Crippen LogP contribution >= 0.6 is 0 Å². The molecule has 0 rings (SSSR count). The van der Waals surface area contributed by atoms with E-state index in [1.54, 1.807) is 41.5 Å². The molecule has 0 aromatic rings. The number of allylic oxidation sites excluding steroid dienone is 1. The van der Waals surface area contributed by atoms with Crippen molar-refractivity contribution in [1.82, 2.24) is 0 Å². The first-order valence-corrected chi connectivity index (χ1v) is 6.36. The van der Waals surface area contributed by atoms with Crippen LogP contribution in [0.4, 0.5) is 0 Å². The standard InChI is InChI=1S/C5H8O3.3C3H8O.Ti/c1-4(6)3-5(7)8-2;3*1-3(2)4;/h3,6H,1-2H3;3*3-4H,1-2H3;. The van der Waals surface area contributed by atoms with Crippen molar-refractivity contribution < 1.29 is 51.7 Å². The molecule has 0 bridgehead atoms. The summed E-state index contributed by atoms with van der Waals surface area (Å²) in [7, 11) is 1.25. The van der Waals surface area contributed by atoms with Crippen LogP contribution in [0.5, 0.6) is 0 Å². The number of carbonyl (C=O) groups excluding carboxylic acids is 1. The van der Waals surface area contributed by atoms with Crippen LogP contribution in [0, 0.1) is 0 Å². The summed E-state index contributed by atoms with van der Waals surface area (Å²) >= 11 is 0. The van der Waals surface area contributed by atoms with Gasteiger partial charge in [-0.3, -0.25) is 0 Å². The number of ether oxygens (including phenoxy) is 1. The van der Waals surface area contributed by atoms with Crippen LogP contribution < -0.4 is 0 Å². The van der Waals surface area contributed by atoms with Gasteiger partial charge in [-0.05, 0) is 48.5 Å². The number of rotatable bonds is 1. The minimum Gasteiger partial charge on any atom is -0.512 e. The Labute approximate surface area is 143 Å². The maximum Gasteiger partial charge on any atom is 0.333 e. The van der Waals surface area contributed by atoms with E-state index in [0.717, 1.165) is 6.08 Å². The Morgan fingerprint density at radius 3 is 1.14 bits per heavy atom. The summed E-state index contributed by atoms with van der Waals surface area (Å²) in [6.07, 6.45) is 0.500. The van der Waals surface area contributed by atoms with Crippen LogP contribution in [0.25, 0.3) is 0 Å². The van der Waals surface area contributed by atoms with Crippen LogP contribution in [0.2, 0.25) is 0 Å². The number of esters is 1. The Morgan fingerprint density at radius 1 is 0.905 bits per heavy atom. The summed E-state index contributed by atoms with van der Waals surface area (Å²) in [4.78, 5) is 10.2. The fourth-order valence-electron chi connectivity index (χ4n) is 0.229. The second-order valence-corrected chi connectivity index (χ2v) is 4.59. The average molecular weight is 344 g/mol. The number of hydrogen-bond acceptors (Lipinski definition) is 6. The molecule has 0 saturated carbocycles. The normalized spacial score (nSPS) is 9.33. The second kappa shape index (κ2) is 24.6. The van der Waals surface area contributed by atoms with Crippen molar-refractivity contribution in [1.29, 1.82) is 0 Å². The van der Waals surface area contributed by atoms with Crippen LogP contribution in [-0.2, 0) is 31.2 Å². The summed E-state index contributed by atoms with van der Waals surface area (Å²) < 4.78 is 4.19. The molecule has 128 valence electrons. The molecule has 0 atom stereocenters. The van der Waals surface area contributed by atoms with Gasteiger partial charge in [-0.25, -0.2) is 4.79 Å². The Morgan fingerprint density at radius 2 is 1.10 bits per heavy atom. The van der Waals surface area contributed by atoms with Crippen LogP contribution in [0.3, 0.4) is 0 Å². The van der Waals surface area contributed by atoms with Gasteiger partial charge in [0.1, 0.15) is 0 Å². The molecule has 0 spiro atoms. The van der Waals surface area contributed by atoms with E-state index in [4.69, 9.17) is 20.4 Å². The third-order valence-corrected chi connectivity index (χ3v) is 0.528. The van der Waals surface area contributed by atoms with Crippen LogP contribution in [-0.4, -0.2) is 51.8 Å². The molecule has 6 nitrogen and oxygen atoms in total. The smallest absolute Gasteiger partial charge is 0.333 e. The van der Waals surface area contributed by atoms with E-state index in [2.05, 4.69) is 4.74 Å². The van der Waals surface area contributed by atoms with Crippen LogP contribution in [0.15, 0.2) is 11.8 Å². The molecule has 0 aliphatic carbocycles. The molecule has 0 heterocycles. The van der Waals surface area contributed by atoms with Gasteiger partial charge >= 0.3 is 5.97 Å². The summed E-state index contributed by atoms with van der Waals surface area (Å²) in [5.74, 6) is -0.582. The molecular weight excluding hydrogens is 312 g/mol. The van der Waals surface area contributed by atoms with E-state index in [-0.39, 0.29) is 45.8 Å². The first kappa shape index (κ1) is 32.5. The topological polar surface area (TPSA) is 107 Å². The maximum atomic E-state index is 10.2. The van der Waals surface area contributed by atoms with Crippen molar-refractivity contribution in [3.63, 3.8) is 0 Å². The molecule has 0 fully saturated rings. The first-order chi connectivity index (χ1) is 8.86. The van der Waals surface area contributed by atoms with Crippen molar-refractivity contribution in [3.8, 4) is 0 Å². The number of methoxy groups -OCH3 is 1. The molecule has 0 aliphatic rings. The van der Waals surface area contributed by atoms with Crippen molar-refractivity contribution >= 4 is 5.97 Å². The molecule has 0 unspecified atom stereocenters. The molecule has 0 aromatic carbocycles. The molecule has 7 heteroatoms. The third kappa shape index (κ3) is 193. The van der Waals surface area contributed by atoms with Crippen LogP contribution in [0.1, 0.15) is 48.5 Å². The monoisotopic (exact) mass is 344 g/mol. The molecule has 0 aromatic heterocycles. The average Bonchev–Trinajstić information content (AvgIpc) is 2.13. The van der Waals surface area contributed by atoms with Crippen molar-refractivity contribution in [2.75, 3.05) is 7.11 Å². The zero-order valence-electron chi connectivity index (χ0n) is 14.4. The Hall–Kier alpha value is -0.396. The van der Waals surface area contributed by atoms with Gasteiger partial charge in [0, 0.05) is 40.0 Å². The minimum atomic E-state index is -0.537. The number of aliphatic hydroxyl groups excluding tert-OH is 4. The molecule has 21 heavy (non-hydrogen) atoms. The third-order valence-electron chi connectivity index (χ3n) is 0.528. The zero-order valence-corrected chi connectivity index (χ0v) is 16.0. The summed E-state index contributed by atoms with van der Waals surface area (Å²) in [6, 6.07) is 0. The molecule has 0 amide bonds. The Kier molecular flexibility index (Phi) is 38.1. The SMILES string of the molecule is CC(C)O.CC(C)O.CC(C)O.COC(=O)C=C(C)O.[Ti]. The fourth-order valence-corrected chi connectivity index (χ4v) is 0.229. The van der Waals surface area contributed by atoms with Gasteiger partial charge in [-0.2, -0.15) is 0 Å². The van der Waals surface area contributed by atoms with E-state index in [9.17, 15) is 4.79 Å². The minimum absolute atomic E-state index is 0. The molecular formula is C14H32O6Ti. The summed E-state index contributed by atoms with van der Waals surface area (Å²) in [5, 5.41) is 32.6. The molecule has 0 saturated heterocycles. The van der Waals surface area contributed by atoms with Gasteiger partial charge < -0.3 is 25.2 Å². The maximum absolute atomic E-state index is 10.2. The first-order valence-electron chi connectivity index (χ1n) is 6.36. The largest absolute Gasteiger partial charge is 0.512 e. The Balaban J connectivity index is -0.0000000570. The van der Waals surface area contributed by atoms with E-state index in [1.807, 2.05) is 0 Å². The van der Waals surface area contributed by atoms with Gasteiger partial charge in [-0.15, -0.1) is 0 Å². The van der Waals surface area contributed by atoms with Gasteiger partial charge in [0.15, 0.2) is 0 Å². The summed E-state index contributed by atoms with van der Waals surface area (Å²) in [5.41, 5.74) is 0. The molecule has 4 N–H and O–H groups in total. The predicted octanol–water partition coefficient (Wildman–Crippen LogP) is 1.78. The number of aliphatic hydroxyl groups is 4. The van der Waals surface area contributed by atoms with Gasteiger partial charge in [0.25, 0.3) is 0 Å². The van der Waals surface area contributed by atoms with Gasteiger partial charge in [0.2, 0.25) is 0 Å².